The number of thiazole rings is 1. The first-order valence-corrected chi connectivity index (χ1v) is 9.35. The molecule has 0 bridgehead atoms. The first kappa shape index (κ1) is 18.3. The van der Waals surface area contributed by atoms with Crippen LogP contribution in [0.5, 0.6) is 5.75 Å². The number of rotatable bonds is 7. The largest absolute Gasteiger partial charge is 0.497 e. The van der Waals surface area contributed by atoms with Crippen molar-refractivity contribution in [3.8, 4) is 5.75 Å². The normalized spacial score (nSPS) is 19.2. The summed E-state index contributed by atoms with van der Waals surface area (Å²) >= 11 is 1.66. The first-order valence-electron chi connectivity index (χ1n) is 8.47. The highest BCUT2D eigenvalue weighted by Gasteiger charge is 2.27. The fraction of sp³-hybridized carbons (Fsp3) is 0.500. The minimum atomic E-state index is -0.243. The SMILES string of the molecule is COc1ccc(CN2CCN(Cc3nccs3)C[C@@H]2CCO)c(F)c1. The summed E-state index contributed by atoms with van der Waals surface area (Å²) in [7, 11) is 1.54. The van der Waals surface area contributed by atoms with E-state index in [2.05, 4.69) is 14.8 Å². The molecule has 1 atom stereocenters. The number of piperazine rings is 1. The van der Waals surface area contributed by atoms with Crippen molar-refractivity contribution in [3.63, 3.8) is 0 Å². The highest BCUT2D eigenvalue weighted by Crippen LogP contribution is 2.22. The van der Waals surface area contributed by atoms with Gasteiger partial charge in [0.2, 0.25) is 0 Å². The zero-order valence-electron chi connectivity index (χ0n) is 14.4. The average molecular weight is 365 g/mol. The summed E-state index contributed by atoms with van der Waals surface area (Å²) in [5, 5.41) is 12.5. The fourth-order valence-corrected chi connectivity index (χ4v) is 3.91. The number of nitrogens with zero attached hydrogens (tertiary/aromatic N) is 3. The summed E-state index contributed by atoms with van der Waals surface area (Å²) < 4.78 is 19.3. The molecule has 0 radical (unpaired) electrons. The molecule has 1 aliphatic heterocycles. The van der Waals surface area contributed by atoms with Crippen LogP contribution in [0.25, 0.3) is 0 Å². The summed E-state index contributed by atoms with van der Waals surface area (Å²) in [6, 6.07) is 5.21. The van der Waals surface area contributed by atoms with Crippen LogP contribution in [-0.2, 0) is 13.1 Å². The standard InChI is InChI=1S/C18H24FN3O2S/c1-24-16-3-2-14(17(19)10-16)11-22-7-6-21(12-15(22)4-8-23)13-18-20-5-9-25-18/h2-3,5,9-10,15,23H,4,6-8,11-13H2,1H3/t15-/m0/s1. The maximum atomic E-state index is 14.3. The molecule has 1 aliphatic rings. The van der Waals surface area contributed by atoms with Gasteiger partial charge in [0.05, 0.1) is 13.7 Å². The number of aromatic nitrogens is 1. The molecule has 0 saturated carbocycles. The lowest BCUT2D eigenvalue weighted by Gasteiger charge is -2.41. The maximum Gasteiger partial charge on any atom is 0.131 e. The second kappa shape index (κ2) is 8.71. The zero-order valence-corrected chi connectivity index (χ0v) is 15.2. The number of aliphatic hydroxyl groups is 1. The lowest BCUT2D eigenvalue weighted by atomic mass is 10.1. The van der Waals surface area contributed by atoms with E-state index in [-0.39, 0.29) is 18.5 Å². The number of benzene rings is 1. The Labute approximate surface area is 151 Å². The Morgan fingerprint density at radius 3 is 2.92 bits per heavy atom. The van der Waals surface area contributed by atoms with E-state index in [1.54, 1.807) is 23.5 Å². The second-order valence-corrected chi connectivity index (χ2v) is 7.23. The van der Waals surface area contributed by atoms with Gasteiger partial charge in [-0.05, 0) is 12.5 Å². The van der Waals surface area contributed by atoms with Gasteiger partial charge in [-0.2, -0.15) is 0 Å². The van der Waals surface area contributed by atoms with Gasteiger partial charge in [-0.25, -0.2) is 9.37 Å². The number of methoxy groups -OCH3 is 1. The van der Waals surface area contributed by atoms with Crippen molar-refractivity contribution in [3.05, 3.63) is 46.2 Å². The Kier molecular flexibility index (Phi) is 6.36. The van der Waals surface area contributed by atoms with Gasteiger partial charge in [0.1, 0.15) is 16.6 Å². The molecule has 3 rings (SSSR count). The predicted molar refractivity (Wildman–Crippen MR) is 96.2 cm³/mol. The molecule has 2 aromatic rings. The van der Waals surface area contributed by atoms with Gasteiger partial charge in [-0.3, -0.25) is 9.80 Å². The second-order valence-electron chi connectivity index (χ2n) is 6.25. The molecule has 0 spiro atoms. The highest BCUT2D eigenvalue weighted by atomic mass is 32.1. The van der Waals surface area contributed by atoms with Crippen molar-refractivity contribution in [2.24, 2.45) is 0 Å². The van der Waals surface area contributed by atoms with Crippen molar-refractivity contribution < 1.29 is 14.2 Å². The van der Waals surface area contributed by atoms with Gasteiger partial charge >= 0.3 is 0 Å². The molecule has 5 nitrogen and oxygen atoms in total. The third-order valence-corrected chi connectivity index (χ3v) is 5.39. The number of aliphatic hydroxyl groups excluding tert-OH is 1. The van der Waals surface area contributed by atoms with Gasteiger partial charge in [0.15, 0.2) is 0 Å². The molecule has 25 heavy (non-hydrogen) atoms. The van der Waals surface area contributed by atoms with Gasteiger partial charge in [-0.1, -0.05) is 6.07 Å². The smallest absolute Gasteiger partial charge is 0.131 e. The van der Waals surface area contributed by atoms with Gasteiger partial charge < -0.3 is 9.84 Å². The molecule has 136 valence electrons. The summed E-state index contributed by atoms with van der Waals surface area (Å²) in [4.78, 5) is 8.97. The maximum absolute atomic E-state index is 14.3. The van der Waals surface area contributed by atoms with E-state index in [9.17, 15) is 9.50 Å². The fourth-order valence-electron chi connectivity index (χ4n) is 3.26. The van der Waals surface area contributed by atoms with Crippen molar-refractivity contribution in [1.82, 2.24) is 14.8 Å². The molecule has 0 aliphatic carbocycles. The van der Waals surface area contributed by atoms with Crippen LogP contribution in [0.2, 0.25) is 0 Å². The Balaban J connectivity index is 1.64. The van der Waals surface area contributed by atoms with Crippen LogP contribution in [0.4, 0.5) is 4.39 Å². The van der Waals surface area contributed by atoms with Gasteiger partial charge in [0, 0.05) is 62.0 Å². The summed E-state index contributed by atoms with van der Waals surface area (Å²) in [5.41, 5.74) is 0.664. The van der Waals surface area contributed by atoms with E-state index < -0.39 is 0 Å². The van der Waals surface area contributed by atoms with E-state index in [1.165, 1.54) is 13.2 Å². The topological polar surface area (TPSA) is 48.8 Å². The lowest BCUT2D eigenvalue weighted by molar-refractivity contribution is 0.0492. The molecule has 1 aromatic carbocycles. The molecule has 7 heteroatoms. The summed E-state index contributed by atoms with van der Waals surface area (Å²) in [6.07, 6.45) is 2.51. The minimum absolute atomic E-state index is 0.136. The van der Waals surface area contributed by atoms with Crippen molar-refractivity contribution in [2.45, 2.75) is 25.6 Å². The minimum Gasteiger partial charge on any atom is -0.497 e. The molecule has 2 heterocycles. The van der Waals surface area contributed by atoms with E-state index in [0.29, 0.717) is 24.3 Å². The molecule has 0 amide bonds. The highest BCUT2D eigenvalue weighted by molar-refractivity contribution is 7.09. The Morgan fingerprint density at radius 2 is 2.24 bits per heavy atom. The summed E-state index contributed by atoms with van der Waals surface area (Å²) in [6.45, 7) is 4.14. The van der Waals surface area contributed by atoms with Gasteiger partial charge in [0.25, 0.3) is 0 Å². The van der Waals surface area contributed by atoms with Crippen LogP contribution in [0.1, 0.15) is 17.0 Å². The molecule has 1 aromatic heterocycles. The van der Waals surface area contributed by atoms with Crippen LogP contribution < -0.4 is 4.74 Å². The van der Waals surface area contributed by atoms with Crippen LogP contribution >= 0.6 is 11.3 Å². The number of hydrogen-bond acceptors (Lipinski definition) is 6. The molecule has 1 saturated heterocycles. The third kappa shape index (κ3) is 4.76. The number of halogens is 1. The van der Waals surface area contributed by atoms with Crippen LogP contribution in [-0.4, -0.2) is 59.3 Å². The van der Waals surface area contributed by atoms with Crippen molar-refractivity contribution in [1.29, 1.82) is 0 Å². The Hall–Kier alpha value is -1.54. The molecule has 0 unspecified atom stereocenters. The molecular weight excluding hydrogens is 341 g/mol. The molecule has 1 N–H and O–H groups in total. The van der Waals surface area contributed by atoms with Crippen molar-refractivity contribution in [2.75, 3.05) is 33.4 Å². The van der Waals surface area contributed by atoms with E-state index in [0.717, 1.165) is 31.2 Å². The lowest BCUT2D eigenvalue weighted by Crippen LogP contribution is -2.52. The van der Waals surface area contributed by atoms with Crippen molar-refractivity contribution >= 4 is 11.3 Å². The van der Waals surface area contributed by atoms with Gasteiger partial charge in [-0.15, -0.1) is 11.3 Å². The summed E-state index contributed by atoms with van der Waals surface area (Å²) in [5.74, 6) is 0.286. The van der Waals surface area contributed by atoms with Crippen LogP contribution in [0, 0.1) is 5.82 Å². The third-order valence-electron chi connectivity index (χ3n) is 4.63. The van der Waals surface area contributed by atoms with E-state index in [4.69, 9.17) is 4.74 Å². The van der Waals surface area contributed by atoms with E-state index >= 15 is 0 Å². The predicted octanol–water partition coefficient (Wildman–Crippen LogP) is 2.36. The number of ether oxygens (including phenoxy) is 1. The van der Waals surface area contributed by atoms with Crippen LogP contribution in [0.3, 0.4) is 0 Å². The quantitative estimate of drug-likeness (QED) is 0.816. The first-order chi connectivity index (χ1) is 12.2. The Morgan fingerprint density at radius 1 is 1.36 bits per heavy atom. The average Bonchev–Trinajstić information content (AvgIpc) is 3.12. The Bertz CT molecular complexity index is 668. The monoisotopic (exact) mass is 365 g/mol. The van der Waals surface area contributed by atoms with Crippen LogP contribution in [0.15, 0.2) is 29.8 Å². The molecule has 1 fully saturated rings. The van der Waals surface area contributed by atoms with E-state index in [1.807, 2.05) is 11.6 Å². The molecular formula is C18H24FN3O2S. The zero-order chi connectivity index (χ0) is 17.6. The number of hydrogen-bond donors (Lipinski definition) is 1.